The van der Waals surface area contributed by atoms with Crippen LogP contribution in [0, 0.1) is 5.92 Å². The topological polar surface area (TPSA) is 119 Å². The van der Waals surface area contributed by atoms with E-state index in [-0.39, 0.29) is 17.7 Å². The third-order valence-corrected chi connectivity index (χ3v) is 5.07. The highest BCUT2D eigenvalue weighted by Crippen LogP contribution is 2.25. The van der Waals surface area contributed by atoms with Gasteiger partial charge in [-0.1, -0.05) is 0 Å². The van der Waals surface area contributed by atoms with Crippen molar-refractivity contribution >= 4 is 23.9 Å². The molecule has 0 aromatic carbocycles. The van der Waals surface area contributed by atoms with Gasteiger partial charge in [0, 0.05) is 25.6 Å². The number of likely N-dealkylation sites (tertiary alicyclic amines) is 2. The maximum atomic E-state index is 12.7. The van der Waals surface area contributed by atoms with Crippen molar-refractivity contribution in [2.24, 2.45) is 5.92 Å². The number of amides is 3. The van der Waals surface area contributed by atoms with E-state index in [1.807, 2.05) is 0 Å². The average Bonchev–Trinajstić information content (AvgIpc) is 3.08. The standard InChI is InChI=1S/C19H31N3O6/c1-12(20-18(27)28-19(2,3)4)15(23)21-10-7-13(8-11-21)16(24)22-9-5-6-14(22)17(25)26/h12-14H,5-11H2,1-4H3,(H,20,27)(H,25,26)/p-1/t12-,14-/m0/s1. The molecule has 9 nitrogen and oxygen atoms in total. The summed E-state index contributed by atoms with van der Waals surface area (Å²) >= 11 is 0. The predicted octanol–water partition coefficient (Wildman–Crippen LogP) is -0.121. The summed E-state index contributed by atoms with van der Waals surface area (Å²) in [5, 5.41) is 13.7. The van der Waals surface area contributed by atoms with Crippen LogP contribution in [0.4, 0.5) is 4.79 Å². The number of ether oxygens (including phenoxy) is 1. The fraction of sp³-hybridized carbons (Fsp3) is 0.789. The van der Waals surface area contributed by atoms with Crippen molar-refractivity contribution in [3.8, 4) is 0 Å². The zero-order chi connectivity index (χ0) is 21.1. The summed E-state index contributed by atoms with van der Waals surface area (Å²) in [6, 6.07) is -1.58. The van der Waals surface area contributed by atoms with E-state index in [9.17, 15) is 24.3 Å². The molecule has 2 fully saturated rings. The summed E-state index contributed by atoms with van der Waals surface area (Å²) in [6.45, 7) is 8.04. The minimum absolute atomic E-state index is 0.168. The highest BCUT2D eigenvalue weighted by atomic mass is 16.6. The summed E-state index contributed by atoms with van der Waals surface area (Å²) < 4.78 is 5.16. The van der Waals surface area contributed by atoms with Crippen LogP contribution in [0.25, 0.3) is 0 Å². The van der Waals surface area contributed by atoms with Crippen molar-refractivity contribution in [1.29, 1.82) is 0 Å². The molecule has 0 aromatic heterocycles. The first-order valence-electron chi connectivity index (χ1n) is 9.79. The summed E-state index contributed by atoms with van der Waals surface area (Å²) in [7, 11) is 0. The highest BCUT2D eigenvalue weighted by molar-refractivity contribution is 5.87. The quantitative estimate of drug-likeness (QED) is 0.708. The molecule has 2 atom stereocenters. The van der Waals surface area contributed by atoms with Crippen molar-refractivity contribution in [2.75, 3.05) is 19.6 Å². The first kappa shape index (κ1) is 22.0. The lowest BCUT2D eigenvalue weighted by Crippen LogP contribution is -2.53. The van der Waals surface area contributed by atoms with E-state index in [1.54, 1.807) is 32.6 Å². The van der Waals surface area contributed by atoms with Gasteiger partial charge < -0.3 is 29.8 Å². The normalized spacial score (nSPS) is 21.9. The second kappa shape index (κ2) is 8.79. The number of nitrogens with zero attached hydrogens (tertiary/aromatic N) is 2. The Morgan fingerprint density at radius 3 is 2.21 bits per heavy atom. The maximum Gasteiger partial charge on any atom is 0.408 e. The van der Waals surface area contributed by atoms with Crippen LogP contribution in [0.3, 0.4) is 0 Å². The maximum absolute atomic E-state index is 12.7. The lowest BCUT2D eigenvalue weighted by atomic mass is 9.94. The van der Waals surface area contributed by atoms with E-state index in [1.165, 1.54) is 4.90 Å². The second-order valence-electron chi connectivity index (χ2n) is 8.48. The zero-order valence-electron chi connectivity index (χ0n) is 17.0. The molecule has 2 rings (SSSR count). The van der Waals surface area contributed by atoms with Gasteiger partial charge in [0.1, 0.15) is 11.6 Å². The van der Waals surface area contributed by atoms with Gasteiger partial charge in [0.25, 0.3) is 0 Å². The smallest absolute Gasteiger partial charge is 0.408 e. The molecule has 2 aliphatic heterocycles. The summed E-state index contributed by atoms with van der Waals surface area (Å²) in [4.78, 5) is 51.2. The Balaban J connectivity index is 1.84. The van der Waals surface area contributed by atoms with E-state index in [4.69, 9.17) is 4.74 Å². The molecule has 0 spiro atoms. The Kier molecular flexibility index (Phi) is 6.90. The molecular weight excluding hydrogens is 366 g/mol. The average molecular weight is 396 g/mol. The van der Waals surface area contributed by atoms with Crippen molar-refractivity contribution in [3.63, 3.8) is 0 Å². The van der Waals surface area contributed by atoms with Crippen molar-refractivity contribution in [1.82, 2.24) is 15.1 Å². The molecule has 3 amide bonds. The van der Waals surface area contributed by atoms with Gasteiger partial charge in [-0.05, 0) is 53.4 Å². The Bertz CT molecular complexity index is 622. The Morgan fingerprint density at radius 1 is 1.07 bits per heavy atom. The molecule has 0 bridgehead atoms. The number of carboxylic acids is 1. The molecule has 2 aliphatic rings. The van der Waals surface area contributed by atoms with Crippen molar-refractivity contribution in [2.45, 2.75) is 71.1 Å². The number of aliphatic carboxylic acids is 1. The zero-order valence-corrected chi connectivity index (χ0v) is 17.0. The van der Waals surface area contributed by atoms with E-state index in [2.05, 4.69) is 5.32 Å². The summed E-state index contributed by atoms with van der Waals surface area (Å²) in [6.07, 6.45) is 1.38. The van der Waals surface area contributed by atoms with Crippen LogP contribution in [0.5, 0.6) is 0 Å². The van der Waals surface area contributed by atoms with Gasteiger partial charge in [0.15, 0.2) is 0 Å². The molecule has 9 heteroatoms. The number of rotatable bonds is 4. The number of carboxylic acid groups (broad SMARTS) is 1. The van der Waals surface area contributed by atoms with Gasteiger partial charge >= 0.3 is 6.09 Å². The third-order valence-electron chi connectivity index (χ3n) is 5.07. The Labute approximate surface area is 165 Å². The molecule has 2 saturated heterocycles. The monoisotopic (exact) mass is 396 g/mol. The van der Waals surface area contributed by atoms with Crippen LogP contribution >= 0.6 is 0 Å². The van der Waals surface area contributed by atoms with E-state index in [0.29, 0.717) is 45.3 Å². The minimum atomic E-state index is -1.21. The molecule has 0 aromatic rings. The minimum Gasteiger partial charge on any atom is -0.548 e. The van der Waals surface area contributed by atoms with Crippen LogP contribution < -0.4 is 10.4 Å². The molecule has 0 aliphatic carbocycles. The largest absolute Gasteiger partial charge is 0.548 e. The van der Waals surface area contributed by atoms with Crippen molar-refractivity contribution < 1.29 is 29.0 Å². The van der Waals surface area contributed by atoms with Gasteiger partial charge in [-0.15, -0.1) is 0 Å². The first-order valence-corrected chi connectivity index (χ1v) is 9.79. The third kappa shape index (κ3) is 5.59. The summed E-state index contributed by atoms with van der Waals surface area (Å²) in [5.41, 5.74) is -0.648. The van der Waals surface area contributed by atoms with Gasteiger partial charge in [0.05, 0.1) is 12.0 Å². The number of nitrogens with one attached hydrogen (secondary N) is 1. The number of alkyl carbamates (subject to hydrolysis) is 1. The number of hydrogen-bond acceptors (Lipinski definition) is 6. The van der Waals surface area contributed by atoms with Gasteiger partial charge in [0.2, 0.25) is 11.8 Å². The fourth-order valence-electron chi connectivity index (χ4n) is 3.68. The van der Waals surface area contributed by atoms with Gasteiger partial charge in [-0.25, -0.2) is 4.79 Å². The number of piperidine rings is 1. The van der Waals surface area contributed by atoms with Crippen molar-refractivity contribution in [3.05, 3.63) is 0 Å². The molecule has 1 N–H and O–H groups in total. The van der Waals surface area contributed by atoms with Crippen LogP contribution in [-0.4, -0.2) is 71.0 Å². The molecule has 0 saturated carbocycles. The molecule has 28 heavy (non-hydrogen) atoms. The molecular formula is C19H30N3O6-. The van der Waals surface area contributed by atoms with Crippen LogP contribution in [0.2, 0.25) is 0 Å². The van der Waals surface area contributed by atoms with Gasteiger partial charge in [-0.3, -0.25) is 9.59 Å². The summed E-state index contributed by atoms with van der Waals surface area (Å²) in [5.74, 6) is -1.90. The van der Waals surface area contributed by atoms with E-state index in [0.717, 1.165) is 0 Å². The van der Waals surface area contributed by atoms with Crippen LogP contribution in [0.1, 0.15) is 53.4 Å². The second-order valence-corrected chi connectivity index (χ2v) is 8.48. The van der Waals surface area contributed by atoms with E-state index >= 15 is 0 Å². The lowest BCUT2D eigenvalue weighted by Gasteiger charge is -2.36. The highest BCUT2D eigenvalue weighted by Gasteiger charge is 2.36. The number of carbonyl (C=O) groups is 4. The SMILES string of the molecule is C[C@H](NC(=O)OC(C)(C)C)C(=O)N1CCC(C(=O)N2CCC[C@H]2C(=O)[O-])CC1. The van der Waals surface area contributed by atoms with Crippen LogP contribution in [0.15, 0.2) is 0 Å². The van der Waals surface area contributed by atoms with E-state index < -0.39 is 29.7 Å². The number of carbonyl (C=O) groups excluding carboxylic acids is 4. The lowest BCUT2D eigenvalue weighted by molar-refractivity contribution is -0.310. The molecule has 2 heterocycles. The number of hydrogen-bond donors (Lipinski definition) is 1. The van der Waals surface area contributed by atoms with Gasteiger partial charge in [-0.2, -0.15) is 0 Å². The molecule has 0 unspecified atom stereocenters. The predicted molar refractivity (Wildman–Crippen MR) is 97.9 cm³/mol. The first-order chi connectivity index (χ1) is 13.0. The Hall–Kier alpha value is -2.32. The molecule has 0 radical (unpaired) electrons. The fourth-order valence-corrected chi connectivity index (χ4v) is 3.68. The van der Waals surface area contributed by atoms with Crippen LogP contribution in [-0.2, 0) is 19.1 Å². The molecule has 158 valence electrons. The Morgan fingerprint density at radius 2 is 1.68 bits per heavy atom.